The second kappa shape index (κ2) is 14.1. The van der Waals surface area contributed by atoms with Crippen molar-refractivity contribution < 1.29 is 18.4 Å². The fourth-order valence-corrected chi connectivity index (χ4v) is 4.19. The Morgan fingerprint density at radius 3 is 2.41 bits per heavy atom. The van der Waals surface area contributed by atoms with Gasteiger partial charge in [0.25, 0.3) is 0 Å². The van der Waals surface area contributed by atoms with Gasteiger partial charge in [-0.1, -0.05) is 62.9 Å². The van der Waals surface area contributed by atoms with Crippen LogP contribution in [0.4, 0.5) is 4.39 Å². The molecule has 0 aliphatic heterocycles. The van der Waals surface area contributed by atoms with Gasteiger partial charge >= 0.3 is 0 Å². The summed E-state index contributed by atoms with van der Waals surface area (Å²) in [6, 6.07) is 12.8. The van der Waals surface area contributed by atoms with Crippen molar-refractivity contribution in [2.24, 2.45) is 0 Å². The Hall–Kier alpha value is -3.74. The number of para-hydroxylation sites is 1. The normalized spacial score (nSPS) is 10.9. The van der Waals surface area contributed by atoms with Gasteiger partial charge in [-0.3, -0.25) is 14.4 Å². The molecule has 0 saturated carbocycles. The maximum atomic E-state index is 13.5. The Labute approximate surface area is 217 Å². The van der Waals surface area contributed by atoms with Crippen LogP contribution in [0.3, 0.4) is 0 Å². The molecule has 0 aliphatic rings. The van der Waals surface area contributed by atoms with Crippen molar-refractivity contribution in [3.05, 3.63) is 94.6 Å². The lowest BCUT2D eigenvalue weighted by atomic mass is 10.1. The Bertz CT molecular complexity index is 1250. The van der Waals surface area contributed by atoms with Crippen LogP contribution in [0.1, 0.15) is 56.6 Å². The molecule has 0 bridgehead atoms. The highest BCUT2D eigenvalue weighted by molar-refractivity contribution is 5.85. The topological polar surface area (TPSA) is 70.8 Å². The minimum absolute atomic E-state index is 0.00346. The summed E-state index contributed by atoms with van der Waals surface area (Å²) in [7, 11) is 0. The predicted molar refractivity (Wildman–Crippen MR) is 143 cm³/mol. The molecule has 196 valence electrons. The van der Waals surface area contributed by atoms with Crippen LogP contribution in [0.25, 0.3) is 11.0 Å². The minimum Gasteiger partial charge on any atom is -0.464 e. The first-order chi connectivity index (χ1) is 17.9. The average molecular weight is 507 g/mol. The van der Waals surface area contributed by atoms with Crippen molar-refractivity contribution in [1.29, 1.82) is 0 Å². The molecule has 2 aromatic carbocycles. The molecule has 1 aromatic heterocycles. The van der Waals surface area contributed by atoms with Crippen molar-refractivity contribution in [2.45, 2.75) is 58.5 Å². The standard InChI is InChI=1S/C30H35FN2O4/c1-3-5-6-7-8-13-28(34)32(18-4-2)21-29(35)33(19-23-14-16-25(31)17-15-23)20-24-22-37-27-12-10-9-11-26(27)30(24)36/h4,9-12,14-17,22H,2-3,5-8,13,18-21H2,1H3. The van der Waals surface area contributed by atoms with Gasteiger partial charge in [0, 0.05) is 19.5 Å². The smallest absolute Gasteiger partial charge is 0.242 e. The van der Waals surface area contributed by atoms with Gasteiger partial charge in [0.15, 0.2) is 5.43 Å². The molecule has 0 aliphatic carbocycles. The summed E-state index contributed by atoms with van der Waals surface area (Å²) in [5.41, 5.74) is 1.28. The second-order valence-electron chi connectivity index (χ2n) is 9.19. The van der Waals surface area contributed by atoms with Gasteiger partial charge in [-0.05, 0) is 36.2 Å². The van der Waals surface area contributed by atoms with Crippen molar-refractivity contribution in [3.63, 3.8) is 0 Å². The predicted octanol–water partition coefficient (Wildman–Crippen LogP) is 5.84. The highest BCUT2D eigenvalue weighted by atomic mass is 19.1. The van der Waals surface area contributed by atoms with Crippen LogP contribution in [0.5, 0.6) is 0 Å². The van der Waals surface area contributed by atoms with E-state index in [1.807, 2.05) is 0 Å². The van der Waals surface area contributed by atoms with Crippen LogP contribution in [-0.2, 0) is 22.7 Å². The number of carbonyl (C=O) groups excluding carboxylic acids is 2. The zero-order chi connectivity index (χ0) is 26.6. The summed E-state index contributed by atoms with van der Waals surface area (Å²) in [6.45, 7) is 6.13. The first-order valence-electron chi connectivity index (χ1n) is 12.8. The van der Waals surface area contributed by atoms with Gasteiger partial charge in [-0.25, -0.2) is 4.39 Å². The highest BCUT2D eigenvalue weighted by Gasteiger charge is 2.22. The van der Waals surface area contributed by atoms with E-state index in [1.54, 1.807) is 42.5 Å². The average Bonchev–Trinajstić information content (AvgIpc) is 2.90. The van der Waals surface area contributed by atoms with E-state index < -0.39 is 0 Å². The van der Waals surface area contributed by atoms with Crippen LogP contribution < -0.4 is 5.43 Å². The zero-order valence-corrected chi connectivity index (χ0v) is 21.5. The SMILES string of the molecule is C=CCN(CC(=O)N(Cc1ccc(F)cc1)Cc1coc2ccccc2c1=O)C(=O)CCCCCCC. The molecule has 0 radical (unpaired) electrons. The lowest BCUT2D eigenvalue weighted by molar-refractivity contribution is -0.140. The van der Waals surface area contributed by atoms with E-state index in [9.17, 15) is 18.8 Å². The number of benzene rings is 2. The maximum absolute atomic E-state index is 13.5. The zero-order valence-electron chi connectivity index (χ0n) is 21.5. The van der Waals surface area contributed by atoms with Crippen LogP contribution in [0.2, 0.25) is 0 Å². The van der Waals surface area contributed by atoms with Gasteiger partial charge in [0.05, 0.1) is 23.8 Å². The van der Waals surface area contributed by atoms with E-state index in [2.05, 4.69) is 13.5 Å². The third-order valence-corrected chi connectivity index (χ3v) is 6.27. The Morgan fingerprint density at radius 2 is 1.68 bits per heavy atom. The van der Waals surface area contributed by atoms with Crippen molar-refractivity contribution in [2.75, 3.05) is 13.1 Å². The Balaban J connectivity index is 1.79. The first-order valence-corrected chi connectivity index (χ1v) is 12.8. The van der Waals surface area contributed by atoms with E-state index in [-0.39, 0.29) is 49.2 Å². The molecule has 0 fully saturated rings. The lowest BCUT2D eigenvalue weighted by Gasteiger charge is -2.27. The molecular weight excluding hydrogens is 471 g/mol. The van der Waals surface area contributed by atoms with Crippen LogP contribution in [0, 0.1) is 5.82 Å². The third kappa shape index (κ3) is 8.13. The summed E-state index contributed by atoms with van der Waals surface area (Å²) in [5, 5.41) is 0.431. The molecule has 1 heterocycles. The lowest BCUT2D eigenvalue weighted by Crippen LogP contribution is -2.43. The third-order valence-electron chi connectivity index (χ3n) is 6.27. The Kier molecular flexibility index (Phi) is 10.6. The summed E-state index contributed by atoms with van der Waals surface area (Å²) >= 11 is 0. The van der Waals surface area contributed by atoms with Crippen LogP contribution in [-0.4, -0.2) is 34.7 Å². The molecule has 0 spiro atoms. The number of carbonyl (C=O) groups is 2. The van der Waals surface area contributed by atoms with Gasteiger partial charge in [0.2, 0.25) is 11.8 Å². The molecule has 3 rings (SSSR count). The summed E-state index contributed by atoms with van der Waals surface area (Å²) in [4.78, 5) is 42.4. The van der Waals surface area contributed by atoms with Gasteiger partial charge in [-0.15, -0.1) is 6.58 Å². The molecule has 3 aromatic rings. The molecule has 0 N–H and O–H groups in total. The quantitative estimate of drug-likeness (QED) is 0.204. The molecule has 6 nitrogen and oxygen atoms in total. The van der Waals surface area contributed by atoms with Crippen molar-refractivity contribution in [1.82, 2.24) is 9.80 Å². The van der Waals surface area contributed by atoms with E-state index in [0.29, 0.717) is 28.5 Å². The maximum Gasteiger partial charge on any atom is 0.242 e. The van der Waals surface area contributed by atoms with Crippen LogP contribution >= 0.6 is 0 Å². The number of nitrogens with zero attached hydrogens (tertiary/aromatic N) is 2. The molecular formula is C30H35FN2O4. The Morgan fingerprint density at radius 1 is 0.946 bits per heavy atom. The number of hydrogen-bond donors (Lipinski definition) is 0. The summed E-state index contributed by atoms with van der Waals surface area (Å²) < 4.78 is 19.1. The fourth-order valence-electron chi connectivity index (χ4n) is 4.19. The molecule has 7 heteroatoms. The van der Waals surface area contributed by atoms with E-state index >= 15 is 0 Å². The minimum atomic E-state index is -0.376. The number of rotatable bonds is 14. The molecule has 0 atom stereocenters. The number of amides is 2. The second-order valence-corrected chi connectivity index (χ2v) is 9.19. The van der Waals surface area contributed by atoms with E-state index in [4.69, 9.17) is 4.42 Å². The number of unbranched alkanes of at least 4 members (excludes halogenated alkanes) is 4. The molecule has 37 heavy (non-hydrogen) atoms. The van der Waals surface area contributed by atoms with Crippen molar-refractivity contribution in [3.8, 4) is 0 Å². The first kappa shape index (κ1) is 27.8. The molecule has 0 saturated heterocycles. The fraction of sp³-hybridized carbons (Fsp3) is 0.367. The number of fused-ring (bicyclic) bond motifs is 1. The van der Waals surface area contributed by atoms with Crippen molar-refractivity contribution >= 4 is 22.8 Å². The molecule has 2 amide bonds. The van der Waals surface area contributed by atoms with Gasteiger partial charge < -0.3 is 14.2 Å². The largest absolute Gasteiger partial charge is 0.464 e. The van der Waals surface area contributed by atoms with Crippen LogP contribution in [0.15, 0.2) is 76.7 Å². The number of halogens is 1. The van der Waals surface area contributed by atoms with E-state index in [0.717, 1.165) is 32.1 Å². The monoisotopic (exact) mass is 506 g/mol. The summed E-state index contributed by atoms with van der Waals surface area (Å²) in [6.07, 6.45) is 8.46. The molecule has 0 unspecified atom stereocenters. The van der Waals surface area contributed by atoms with Gasteiger partial charge in [-0.2, -0.15) is 0 Å². The summed E-state index contributed by atoms with van der Waals surface area (Å²) in [5.74, 6) is -0.798. The highest BCUT2D eigenvalue weighted by Crippen LogP contribution is 2.15. The van der Waals surface area contributed by atoms with Gasteiger partial charge in [0.1, 0.15) is 17.9 Å². The van der Waals surface area contributed by atoms with E-state index in [1.165, 1.54) is 28.2 Å². The number of hydrogen-bond acceptors (Lipinski definition) is 4.